The molecule has 23 heavy (non-hydrogen) atoms. The molecule has 2 aliphatic heterocycles. The first kappa shape index (κ1) is 14.5. The Labute approximate surface area is 133 Å². The van der Waals surface area contributed by atoms with Crippen LogP contribution in [0.15, 0.2) is 47.2 Å². The molecule has 0 amide bonds. The van der Waals surface area contributed by atoms with Gasteiger partial charge in [-0.3, -0.25) is 0 Å². The lowest BCUT2D eigenvalue weighted by Crippen LogP contribution is -2.55. The van der Waals surface area contributed by atoms with Gasteiger partial charge in [0.05, 0.1) is 6.54 Å². The van der Waals surface area contributed by atoms with Gasteiger partial charge >= 0.3 is 0 Å². The van der Waals surface area contributed by atoms with Crippen LogP contribution in [0.3, 0.4) is 0 Å². The second kappa shape index (κ2) is 6.12. The molecule has 1 unspecified atom stereocenters. The van der Waals surface area contributed by atoms with E-state index in [1.807, 2.05) is 30.3 Å². The van der Waals surface area contributed by atoms with Crippen molar-refractivity contribution in [3.63, 3.8) is 0 Å². The van der Waals surface area contributed by atoms with Crippen molar-refractivity contribution in [3.05, 3.63) is 57.9 Å². The number of nitrogens with zero attached hydrogens (tertiary/aromatic N) is 4. The van der Waals surface area contributed by atoms with Crippen LogP contribution in [0.2, 0.25) is 0 Å². The van der Waals surface area contributed by atoms with Crippen molar-refractivity contribution in [2.24, 2.45) is 4.99 Å². The molecule has 1 N–H and O–H groups in total. The van der Waals surface area contributed by atoms with Crippen LogP contribution in [-0.2, 0) is 0 Å². The summed E-state index contributed by atoms with van der Waals surface area (Å²) < 4.78 is 0. The molecule has 0 aromatic heterocycles. The van der Waals surface area contributed by atoms with E-state index in [2.05, 4.69) is 28.1 Å². The number of fused-ring (bicyclic) bond motifs is 1. The minimum Gasteiger partial charge on any atom is -0.362 e. The van der Waals surface area contributed by atoms with Gasteiger partial charge in [-0.2, -0.15) is 0 Å². The first-order valence-electron chi connectivity index (χ1n) is 6.90. The Hall–Kier alpha value is -3.45. The molecule has 1 aromatic rings. The van der Waals surface area contributed by atoms with Crippen LogP contribution in [0.25, 0.3) is 0 Å². The van der Waals surface area contributed by atoms with Crippen LogP contribution < -0.4 is 5.32 Å². The number of hydrazine groups is 1. The van der Waals surface area contributed by atoms with E-state index in [0.717, 1.165) is 10.6 Å². The number of rotatable bonds is 2. The molecule has 0 bridgehead atoms. The zero-order valence-electron chi connectivity index (χ0n) is 12.1. The topological polar surface area (TPSA) is 74.0 Å². The van der Waals surface area contributed by atoms with Crippen LogP contribution >= 0.6 is 0 Å². The summed E-state index contributed by atoms with van der Waals surface area (Å²) in [4.78, 5) is 17.3. The summed E-state index contributed by atoms with van der Waals surface area (Å²) >= 11 is 0. The molecule has 0 saturated carbocycles. The molecule has 114 valence electrons. The smallest absolute Gasteiger partial charge is 0.231 e. The normalized spacial score (nSPS) is 18.7. The van der Waals surface area contributed by atoms with Gasteiger partial charge in [-0.25, -0.2) is 15.1 Å². The summed E-state index contributed by atoms with van der Waals surface area (Å²) in [6.07, 6.45) is 6.30. The third-order valence-electron chi connectivity index (χ3n) is 3.37. The van der Waals surface area contributed by atoms with Crippen molar-refractivity contribution in [3.8, 4) is 24.2 Å². The first-order valence-corrected chi connectivity index (χ1v) is 6.90. The SMILES string of the molecule is C#CCN1C=C2NCN=C2N([N+](=O)[O-])C1C#Cc1ccccc1. The fraction of sp³-hybridized carbons (Fsp3) is 0.188. The number of nitrogens with one attached hydrogen (secondary N) is 1. The van der Waals surface area contributed by atoms with Crippen molar-refractivity contribution < 1.29 is 5.03 Å². The summed E-state index contributed by atoms with van der Waals surface area (Å²) in [5.41, 5.74) is 1.35. The van der Waals surface area contributed by atoms with E-state index in [4.69, 9.17) is 6.42 Å². The van der Waals surface area contributed by atoms with E-state index in [-0.39, 0.29) is 12.4 Å². The minimum atomic E-state index is -0.816. The predicted molar refractivity (Wildman–Crippen MR) is 85.0 cm³/mol. The van der Waals surface area contributed by atoms with E-state index < -0.39 is 11.2 Å². The number of hydrogen-bond donors (Lipinski definition) is 1. The molecular formula is C16H13N5O2. The highest BCUT2D eigenvalue weighted by molar-refractivity contribution is 5.99. The lowest BCUT2D eigenvalue weighted by atomic mass is 10.2. The van der Waals surface area contributed by atoms with Crippen molar-refractivity contribution in [2.75, 3.05) is 13.2 Å². The Morgan fingerprint density at radius 3 is 2.91 bits per heavy atom. The number of benzene rings is 1. The van der Waals surface area contributed by atoms with Crippen LogP contribution in [-0.4, -0.2) is 40.2 Å². The fourth-order valence-electron chi connectivity index (χ4n) is 2.37. The Morgan fingerprint density at radius 2 is 2.22 bits per heavy atom. The zero-order valence-corrected chi connectivity index (χ0v) is 12.1. The third kappa shape index (κ3) is 2.81. The van der Waals surface area contributed by atoms with Gasteiger partial charge in [0, 0.05) is 11.8 Å². The minimum absolute atomic E-state index is 0.205. The quantitative estimate of drug-likeness (QED) is 0.492. The molecule has 0 spiro atoms. The number of amidine groups is 1. The van der Waals surface area contributed by atoms with Crippen LogP contribution in [0.4, 0.5) is 0 Å². The molecule has 1 atom stereocenters. The Morgan fingerprint density at radius 1 is 1.43 bits per heavy atom. The third-order valence-corrected chi connectivity index (χ3v) is 3.37. The van der Waals surface area contributed by atoms with Gasteiger partial charge in [0.25, 0.3) is 0 Å². The van der Waals surface area contributed by atoms with Gasteiger partial charge in [0.15, 0.2) is 5.03 Å². The molecular weight excluding hydrogens is 294 g/mol. The average Bonchev–Trinajstić information content (AvgIpc) is 3.01. The van der Waals surface area contributed by atoms with Crippen molar-refractivity contribution in [1.29, 1.82) is 0 Å². The lowest BCUT2D eigenvalue weighted by Gasteiger charge is -2.33. The molecule has 3 rings (SSSR count). The van der Waals surface area contributed by atoms with Crippen molar-refractivity contribution >= 4 is 5.84 Å². The maximum absolute atomic E-state index is 11.5. The van der Waals surface area contributed by atoms with E-state index in [1.165, 1.54) is 0 Å². The fourth-order valence-corrected chi connectivity index (χ4v) is 2.37. The Kier molecular flexibility index (Phi) is 3.86. The van der Waals surface area contributed by atoms with Gasteiger partial charge in [0.1, 0.15) is 12.4 Å². The molecule has 0 fully saturated rings. The van der Waals surface area contributed by atoms with Crippen LogP contribution in [0.5, 0.6) is 0 Å². The van der Waals surface area contributed by atoms with E-state index in [0.29, 0.717) is 12.4 Å². The molecule has 2 heterocycles. The summed E-state index contributed by atoms with van der Waals surface area (Å²) in [5.74, 6) is 8.66. The number of nitro groups is 1. The summed E-state index contributed by atoms with van der Waals surface area (Å²) in [7, 11) is 0. The lowest BCUT2D eigenvalue weighted by molar-refractivity contribution is -0.639. The van der Waals surface area contributed by atoms with Gasteiger partial charge in [-0.1, -0.05) is 30.0 Å². The molecule has 2 aliphatic rings. The van der Waals surface area contributed by atoms with E-state index in [1.54, 1.807) is 11.1 Å². The van der Waals surface area contributed by atoms with E-state index >= 15 is 0 Å². The van der Waals surface area contributed by atoms with Crippen molar-refractivity contribution in [1.82, 2.24) is 15.2 Å². The molecule has 0 radical (unpaired) electrons. The maximum atomic E-state index is 11.5. The Bertz CT molecular complexity index is 782. The van der Waals surface area contributed by atoms with Gasteiger partial charge in [-0.05, 0) is 23.1 Å². The molecule has 0 saturated heterocycles. The first-order chi connectivity index (χ1) is 11.2. The number of hydrogen-bond acceptors (Lipinski definition) is 5. The molecule has 7 heteroatoms. The highest BCUT2D eigenvalue weighted by atomic mass is 16.7. The van der Waals surface area contributed by atoms with E-state index in [9.17, 15) is 10.1 Å². The largest absolute Gasteiger partial charge is 0.362 e. The predicted octanol–water partition coefficient (Wildman–Crippen LogP) is 0.607. The highest BCUT2D eigenvalue weighted by Gasteiger charge is 2.41. The Balaban J connectivity index is 2.01. The number of aliphatic imine (C=N–C) groups is 1. The summed E-state index contributed by atoms with van der Waals surface area (Å²) in [5, 5.41) is 14.9. The summed E-state index contributed by atoms with van der Waals surface area (Å²) in [6, 6.07) is 9.28. The zero-order chi connectivity index (χ0) is 16.2. The molecule has 0 aliphatic carbocycles. The van der Waals surface area contributed by atoms with Crippen LogP contribution in [0, 0.1) is 34.3 Å². The van der Waals surface area contributed by atoms with Gasteiger partial charge in [0.2, 0.25) is 12.0 Å². The molecule has 1 aromatic carbocycles. The highest BCUT2D eigenvalue weighted by Crippen LogP contribution is 2.20. The summed E-state index contributed by atoms with van der Waals surface area (Å²) in [6.45, 7) is 0.505. The monoisotopic (exact) mass is 307 g/mol. The number of terminal acetylenes is 1. The molecule has 7 nitrogen and oxygen atoms in total. The van der Waals surface area contributed by atoms with Gasteiger partial charge in [-0.15, -0.1) is 6.42 Å². The second-order valence-electron chi connectivity index (χ2n) is 4.83. The second-order valence-corrected chi connectivity index (χ2v) is 4.83. The van der Waals surface area contributed by atoms with Gasteiger partial charge < -0.3 is 10.2 Å². The average molecular weight is 307 g/mol. The standard InChI is InChI=1S/C16H13N5O2/c1-2-10-19-11-14-16(18-12-17-14)20(21(22)23)15(19)9-8-13-6-4-3-5-7-13/h1,3-7,11,15,17H,10,12H2. The maximum Gasteiger partial charge on any atom is 0.231 e. The van der Waals surface area contributed by atoms with Crippen molar-refractivity contribution in [2.45, 2.75) is 6.17 Å². The van der Waals surface area contributed by atoms with Crippen LogP contribution in [0.1, 0.15) is 5.56 Å².